The second kappa shape index (κ2) is 6.62. The van der Waals surface area contributed by atoms with Crippen LogP contribution in [0.3, 0.4) is 0 Å². The van der Waals surface area contributed by atoms with E-state index in [2.05, 4.69) is 4.98 Å². The van der Waals surface area contributed by atoms with Crippen LogP contribution in [0.1, 0.15) is 10.4 Å². The molecular formula is C13H8Cl3NOS. The highest BCUT2D eigenvalue weighted by Gasteiger charge is 2.13. The maximum absolute atomic E-state index is 12.1. The van der Waals surface area contributed by atoms with Crippen molar-refractivity contribution in [3.63, 3.8) is 0 Å². The Bertz CT molecular complexity index is 619. The third kappa shape index (κ3) is 3.86. The Kier molecular flexibility index (Phi) is 5.11. The summed E-state index contributed by atoms with van der Waals surface area (Å²) in [6, 6.07) is 8.28. The van der Waals surface area contributed by atoms with Crippen LogP contribution >= 0.6 is 46.6 Å². The van der Waals surface area contributed by atoms with Crippen LogP contribution in [-0.2, 0) is 0 Å². The molecule has 2 nitrogen and oxygen atoms in total. The lowest BCUT2D eigenvalue weighted by atomic mass is 10.1. The zero-order chi connectivity index (χ0) is 13.8. The van der Waals surface area contributed by atoms with Crippen molar-refractivity contribution < 1.29 is 4.79 Å². The molecule has 1 heterocycles. The minimum Gasteiger partial charge on any atom is -0.293 e. The van der Waals surface area contributed by atoms with E-state index in [0.717, 1.165) is 0 Å². The van der Waals surface area contributed by atoms with Gasteiger partial charge in [0, 0.05) is 16.8 Å². The second-order valence-corrected chi connectivity index (χ2v) is 5.84. The highest BCUT2D eigenvalue weighted by Crippen LogP contribution is 2.27. The molecule has 0 amide bonds. The smallest absolute Gasteiger partial charge is 0.174 e. The van der Waals surface area contributed by atoms with Crippen LogP contribution in [-0.4, -0.2) is 16.5 Å². The van der Waals surface area contributed by atoms with Crippen molar-refractivity contribution in [2.45, 2.75) is 5.03 Å². The van der Waals surface area contributed by atoms with Crippen molar-refractivity contribution in [2.75, 3.05) is 5.75 Å². The van der Waals surface area contributed by atoms with E-state index in [1.807, 2.05) is 0 Å². The van der Waals surface area contributed by atoms with Gasteiger partial charge in [0.1, 0.15) is 5.03 Å². The van der Waals surface area contributed by atoms with Gasteiger partial charge in [-0.25, -0.2) is 4.98 Å². The van der Waals surface area contributed by atoms with Gasteiger partial charge in [-0.15, -0.1) is 0 Å². The number of Topliss-reactive ketones (excluding diaryl/α,β-unsaturated/α-hetero) is 1. The number of ketones is 1. The Morgan fingerprint density at radius 2 is 1.95 bits per heavy atom. The average molecular weight is 333 g/mol. The van der Waals surface area contributed by atoms with Crippen LogP contribution in [0.2, 0.25) is 15.1 Å². The largest absolute Gasteiger partial charge is 0.293 e. The molecule has 0 bridgehead atoms. The number of carbonyl (C=O) groups is 1. The topological polar surface area (TPSA) is 30.0 Å². The predicted molar refractivity (Wildman–Crippen MR) is 80.8 cm³/mol. The lowest BCUT2D eigenvalue weighted by molar-refractivity contribution is 0.102. The fraction of sp³-hybridized carbons (Fsp3) is 0.0769. The van der Waals surface area contributed by atoms with Crippen molar-refractivity contribution in [3.8, 4) is 0 Å². The van der Waals surface area contributed by atoms with Gasteiger partial charge in [0.05, 0.1) is 15.8 Å². The Hall–Kier alpha value is -0.740. The summed E-state index contributed by atoms with van der Waals surface area (Å²) in [6.45, 7) is 0. The van der Waals surface area contributed by atoms with Crippen LogP contribution < -0.4 is 0 Å². The van der Waals surface area contributed by atoms with E-state index >= 15 is 0 Å². The van der Waals surface area contributed by atoms with Crippen molar-refractivity contribution in [2.24, 2.45) is 0 Å². The molecule has 6 heteroatoms. The van der Waals surface area contributed by atoms with Gasteiger partial charge in [0.15, 0.2) is 5.78 Å². The van der Waals surface area contributed by atoms with Gasteiger partial charge in [0.2, 0.25) is 0 Å². The van der Waals surface area contributed by atoms with E-state index in [-0.39, 0.29) is 11.5 Å². The number of thioether (sulfide) groups is 1. The number of aromatic nitrogens is 1. The van der Waals surface area contributed by atoms with Crippen molar-refractivity contribution in [1.82, 2.24) is 4.98 Å². The molecular weight excluding hydrogens is 325 g/mol. The highest BCUT2D eigenvalue weighted by atomic mass is 35.5. The first-order valence-corrected chi connectivity index (χ1v) is 7.41. The fourth-order valence-electron chi connectivity index (χ4n) is 1.40. The zero-order valence-corrected chi connectivity index (χ0v) is 12.7. The summed E-state index contributed by atoms with van der Waals surface area (Å²) in [5, 5.41) is 2.02. The minimum absolute atomic E-state index is 0.112. The molecule has 2 aromatic rings. The molecule has 0 spiro atoms. The maximum Gasteiger partial charge on any atom is 0.174 e. The molecule has 0 atom stereocenters. The normalized spacial score (nSPS) is 10.5. The highest BCUT2D eigenvalue weighted by molar-refractivity contribution is 8.00. The fourth-order valence-corrected chi connectivity index (χ4v) is 2.85. The number of nitrogens with zero attached hydrogens (tertiary/aromatic N) is 1. The van der Waals surface area contributed by atoms with Gasteiger partial charge in [-0.2, -0.15) is 0 Å². The van der Waals surface area contributed by atoms with Crippen molar-refractivity contribution >= 4 is 52.3 Å². The minimum atomic E-state index is -0.112. The standard InChI is InChI=1S/C13H8Cl3NOS/c14-8-3-4-10(15)9(6-8)12(18)7-19-13-11(16)2-1-5-17-13/h1-6H,7H2. The number of hydrogen-bond acceptors (Lipinski definition) is 3. The Balaban J connectivity index is 2.10. The number of benzene rings is 1. The van der Waals surface area contributed by atoms with E-state index in [0.29, 0.717) is 25.7 Å². The van der Waals surface area contributed by atoms with Crippen LogP contribution in [0.4, 0.5) is 0 Å². The molecule has 19 heavy (non-hydrogen) atoms. The zero-order valence-electron chi connectivity index (χ0n) is 9.57. The SMILES string of the molecule is O=C(CSc1ncccc1Cl)c1cc(Cl)ccc1Cl. The third-order valence-electron chi connectivity index (χ3n) is 2.29. The second-order valence-electron chi connectivity index (χ2n) is 3.63. The van der Waals surface area contributed by atoms with Gasteiger partial charge in [-0.1, -0.05) is 46.6 Å². The molecule has 0 saturated carbocycles. The number of rotatable bonds is 4. The number of hydrogen-bond donors (Lipinski definition) is 0. The van der Waals surface area contributed by atoms with Gasteiger partial charge < -0.3 is 0 Å². The molecule has 0 aliphatic rings. The van der Waals surface area contributed by atoms with E-state index in [1.54, 1.807) is 36.5 Å². The lowest BCUT2D eigenvalue weighted by Crippen LogP contribution is -2.03. The lowest BCUT2D eigenvalue weighted by Gasteiger charge is -2.05. The van der Waals surface area contributed by atoms with Crippen LogP contribution in [0.25, 0.3) is 0 Å². The number of carbonyl (C=O) groups excluding carboxylic acids is 1. The molecule has 98 valence electrons. The molecule has 0 aliphatic heterocycles. The first-order chi connectivity index (χ1) is 9.08. The summed E-state index contributed by atoms with van der Waals surface area (Å²) in [6.07, 6.45) is 1.63. The Labute approximate surface area is 130 Å². The third-order valence-corrected chi connectivity index (χ3v) is 4.28. The van der Waals surface area contributed by atoms with E-state index < -0.39 is 0 Å². The molecule has 0 aliphatic carbocycles. The van der Waals surface area contributed by atoms with Crippen molar-refractivity contribution in [1.29, 1.82) is 0 Å². The number of pyridine rings is 1. The summed E-state index contributed by atoms with van der Waals surface area (Å²) in [5.41, 5.74) is 0.411. The van der Waals surface area contributed by atoms with Gasteiger partial charge >= 0.3 is 0 Å². The average Bonchev–Trinajstić information content (AvgIpc) is 2.40. The summed E-state index contributed by atoms with van der Waals surface area (Å²) in [4.78, 5) is 16.2. The van der Waals surface area contributed by atoms with Gasteiger partial charge in [-0.3, -0.25) is 4.79 Å². The van der Waals surface area contributed by atoms with E-state index in [1.165, 1.54) is 11.8 Å². The molecule has 1 aromatic heterocycles. The molecule has 0 N–H and O–H groups in total. The van der Waals surface area contributed by atoms with E-state index in [9.17, 15) is 4.79 Å². The van der Waals surface area contributed by atoms with Crippen LogP contribution in [0.5, 0.6) is 0 Å². The molecule has 2 rings (SSSR count). The first-order valence-electron chi connectivity index (χ1n) is 5.29. The summed E-state index contributed by atoms with van der Waals surface area (Å²) in [5.74, 6) is 0.0933. The summed E-state index contributed by atoms with van der Waals surface area (Å²) in [7, 11) is 0. The molecule has 0 saturated heterocycles. The van der Waals surface area contributed by atoms with Crippen LogP contribution in [0, 0.1) is 0 Å². The van der Waals surface area contributed by atoms with E-state index in [4.69, 9.17) is 34.8 Å². The Morgan fingerprint density at radius 3 is 2.68 bits per heavy atom. The maximum atomic E-state index is 12.1. The number of halogens is 3. The summed E-state index contributed by atoms with van der Waals surface area (Å²) >= 11 is 19.1. The van der Waals surface area contributed by atoms with Crippen molar-refractivity contribution in [3.05, 3.63) is 57.2 Å². The molecule has 1 aromatic carbocycles. The predicted octanol–water partition coefficient (Wildman–Crippen LogP) is 5.02. The van der Waals surface area contributed by atoms with Gasteiger partial charge in [-0.05, 0) is 30.3 Å². The Morgan fingerprint density at radius 1 is 1.16 bits per heavy atom. The molecule has 0 unspecified atom stereocenters. The van der Waals surface area contributed by atoms with Gasteiger partial charge in [0.25, 0.3) is 0 Å². The monoisotopic (exact) mass is 331 g/mol. The molecule has 0 fully saturated rings. The quantitative estimate of drug-likeness (QED) is 0.582. The van der Waals surface area contributed by atoms with Crippen LogP contribution in [0.15, 0.2) is 41.6 Å². The first kappa shape index (κ1) is 14.7. The molecule has 0 radical (unpaired) electrons. The summed E-state index contributed by atoms with van der Waals surface area (Å²) < 4.78 is 0.